The Bertz CT molecular complexity index is 757. The van der Waals surface area contributed by atoms with E-state index in [4.69, 9.17) is 4.74 Å². The highest BCUT2D eigenvalue weighted by Crippen LogP contribution is 2.28. The summed E-state index contributed by atoms with van der Waals surface area (Å²) in [7, 11) is 0. The van der Waals surface area contributed by atoms with Crippen molar-refractivity contribution < 1.29 is 14.3 Å². The molecule has 2 amide bonds. The van der Waals surface area contributed by atoms with Gasteiger partial charge >= 0.3 is 0 Å². The average Bonchev–Trinajstić information content (AvgIpc) is 3.42. The molecule has 6 heteroatoms. The zero-order valence-corrected chi connectivity index (χ0v) is 15.4. The van der Waals surface area contributed by atoms with Crippen molar-refractivity contribution in [3.63, 3.8) is 0 Å². The number of carbonyl (C=O) groups excluding carboxylic acids is 2. The van der Waals surface area contributed by atoms with Gasteiger partial charge in [0.25, 0.3) is 5.91 Å². The minimum atomic E-state index is -0.434. The van der Waals surface area contributed by atoms with E-state index in [9.17, 15) is 9.59 Å². The van der Waals surface area contributed by atoms with Crippen molar-refractivity contribution in [2.45, 2.75) is 31.4 Å². The van der Waals surface area contributed by atoms with Crippen LogP contribution in [0.5, 0.6) is 5.75 Å². The first-order valence-electron chi connectivity index (χ1n) is 9.07. The van der Waals surface area contributed by atoms with E-state index in [0.29, 0.717) is 17.8 Å². The molecule has 0 radical (unpaired) electrons. The van der Waals surface area contributed by atoms with Gasteiger partial charge in [-0.2, -0.15) is 0 Å². The topological polar surface area (TPSA) is 49.9 Å². The highest BCUT2D eigenvalue weighted by atomic mass is 32.1. The number of amides is 2. The molecule has 0 N–H and O–H groups in total. The van der Waals surface area contributed by atoms with Crippen molar-refractivity contribution in [1.82, 2.24) is 9.80 Å². The van der Waals surface area contributed by atoms with Crippen LogP contribution in [0.2, 0.25) is 0 Å². The summed E-state index contributed by atoms with van der Waals surface area (Å²) in [6.45, 7) is 2.02. The summed E-state index contributed by atoms with van der Waals surface area (Å²) in [6, 6.07) is 12.8. The summed E-state index contributed by atoms with van der Waals surface area (Å²) >= 11 is 1.41. The Morgan fingerprint density at radius 2 is 1.81 bits per heavy atom. The maximum atomic E-state index is 13.0. The number of rotatable bonds is 4. The lowest BCUT2D eigenvalue weighted by molar-refractivity contribution is -0.134. The minimum absolute atomic E-state index is 0.0616. The van der Waals surface area contributed by atoms with Crippen molar-refractivity contribution in [3.05, 3.63) is 52.7 Å². The van der Waals surface area contributed by atoms with E-state index < -0.39 is 6.04 Å². The summed E-state index contributed by atoms with van der Waals surface area (Å²) in [6.07, 6.45) is 2.46. The fourth-order valence-electron chi connectivity index (χ4n) is 3.72. The third-order valence-electron chi connectivity index (χ3n) is 5.00. The zero-order valence-electron chi connectivity index (χ0n) is 14.5. The van der Waals surface area contributed by atoms with Gasteiger partial charge in [0.2, 0.25) is 5.91 Å². The summed E-state index contributed by atoms with van der Waals surface area (Å²) in [4.78, 5) is 30.2. The summed E-state index contributed by atoms with van der Waals surface area (Å²) in [5.41, 5.74) is 0. The van der Waals surface area contributed by atoms with Crippen LogP contribution in [0.1, 0.15) is 28.9 Å². The molecule has 2 saturated heterocycles. The molecule has 2 aliphatic heterocycles. The first-order chi connectivity index (χ1) is 12.7. The van der Waals surface area contributed by atoms with Crippen molar-refractivity contribution >= 4 is 23.2 Å². The lowest BCUT2D eigenvalue weighted by Crippen LogP contribution is -2.46. The predicted octanol–water partition coefficient (Wildman–Crippen LogP) is 3.03. The van der Waals surface area contributed by atoms with Crippen LogP contribution in [0.4, 0.5) is 0 Å². The van der Waals surface area contributed by atoms with Gasteiger partial charge < -0.3 is 14.5 Å². The quantitative estimate of drug-likeness (QED) is 0.831. The van der Waals surface area contributed by atoms with E-state index in [1.807, 2.05) is 52.7 Å². The van der Waals surface area contributed by atoms with E-state index in [1.54, 1.807) is 4.90 Å². The first-order valence-corrected chi connectivity index (χ1v) is 9.95. The second-order valence-electron chi connectivity index (χ2n) is 6.77. The van der Waals surface area contributed by atoms with Crippen LogP contribution in [0.15, 0.2) is 47.8 Å². The van der Waals surface area contributed by atoms with Crippen LogP contribution in [0, 0.1) is 0 Å². The van der Waals surface area contributed by atoms with Gasteiger partial charge in [-0.05, 0) is 36.4 Å². The van der Waals surface area contributed by atoms with Gasteiger partial charge in [-0.15, -0.1) is 11.3 Å². The lowest BCUT2D eigenvalue weighted by Gasteiger charge is -2.27. The number of thiophene rings is 1. The fraction of sp³-hybridized carbons (Fsp3) is 0.400. The molecule has 0 bridgehead atoms. The maximum Gasteiger partial charge on any atom is 0.264 e. The van der Waals surface area contributed by atoms with Crippen molar-refractivity contribution in [2.75, 3.05) is 19.6 Å². The number of hydrogen-bond donors (Lipinski definition) is 0. The van der Waals surface area contributed by atoms with Gasteiger partial charge in [-0.1, -0.05) is 24.3 Å². The fourth-order valence-corrected chi connectivity index (χ4v) is 4.40. The number of likely N-dealkylation sites (tertiary alicyclic amines) is 2. The number of benzene rings is 1. The van der Waals surface area contributed by atoms with Gasteiger partial charge in [0, 0.05) is 19.5 Å². The van der Waals surface area contributed by atoms with Crippen molar-refractivity contribution in [3.8, 4) is 5.75 Å². The van der Waals surface area contributed by atoms with Gasteiger partial charge in [0.1, 0.15) is 17.9 Å². The molecule has 136 valence electrons. The third kappa shape index (κ3) is 3.46. The molecule has 5 nitrogen and oxygen atoms in total. The molecule has 1 aromatic heterocycles. The van der Waals surface area contributed by atoms with E-state index in [0.717, 1.165) is 31.7 Å². The minimum Gasteiger partial charge on any atom is -0.488 e. The van der Waals surface area contributed by atoms with E-state index in [1.165, 1.54) is 11.3 Å². The Hall–Kier alpha value is -2.34. The van der Waals surface area contributed by atoms with Crippen LogP contribution in [-0.4, -0.2) is 53.4 Å². The number of hydrogen-bond acceptors (Lipinski definition) is 4. The Labute approximate surface area is 157 Å². The molecule has 3 heterocycles. The highest BCUT2D eigenvalue weighted by molar-refractivity contribution is 7.12. The highest BCUT2D eigenvalue weighted by Gasteiger charge is 2.43. The molecule has 2 fully saturated rings. The summed E-state index contributed by atoms with van der Waals surface area (Å²) < 4.78 is 6.05. The smallest absolute Gasteiger partial charge is 0.264 e. The lowest BCUT2D eigenvalue weighted by atomic mass is 10.1. The second-order valence-corrected chi connectivity index (χ2v) is 7.72. The van der Waals surface area contributed by atoms with Gasteiger partial charge in [0.15, 0.2) is 0 Å². The van der Waals surface area contributed by atoms with Crippen molar-refractivity contribution in [2.24, 2.45) is 0 Å². The molecule has 0 spiro atoms. The Morgan fingerprint density at radius 1 is 1.04 bits per heavy atom. The van der Waals surface area contributed by atoms with Crippen molar-refractivity contribution in [1.29, 1.82) is 0 Å². The average molecular weight is 370 g/mol. The van der Waals surface area contributed by atoms with Gasteiger partial charge in [-0.3, -0.25) is 9.59 Å². The zero-order chi connectivity index (χ0) is 17.9. The third-order valence-corrected chi connectivity index (χ3v) is 5.86. The molecule has 26 heavy (non-hydrogen) atoms. The number of ether oxygens (including phenoxy) is 1. The monoisotopic (exact) mass is 370 g/mol. The van der Waals surface area contributed by atoms with E-state index in [2.05, 4.69) is 0 Å². The first kappa shape index (κ1) is 17.1. The van der Waals surface area contributed by atoms with E-state index in [-0.39, 0.29) is 17.9 Å². The molecule has 4 rings (SSSR count). The molecule has 1 aromatic carbocycles. The van der Waals surface area contributed by atoms with E-state index >= 15 is 0 Å². The molecular weight excluding hydrogens is 348 g/mol. The Balaban J connectivity index is 1.54. The van der Waals surface area contributed by atoms with Gasteiger partial charge in [0.05, 0.1) is 11.4 Å². The Morgan fingerprint density at radius 3 is 2.50 bits per heavy atom. The SMILES string of the molecule is O=C([C@@H]1C[C@H](Oc2ccccc2)CN1C(=O)c1cccs1)N1CCCC1. The largest absolute Gasteiger partial charge is 0.488 e. The Kier molecular flexibility index (Phi) is 4.93. The molecular formula is C20H22N2O3S. The van der Waals surface area contributed by atoms with Crippen LogP contribution < -0.4 is 4.74 Å². The molecule has 2 aromatic rings. The van der Waals surface area contributed by atoms with Crippen LogP contribution >= 0.6 is 11.3 Å². The summed E-state index contributed by atoms with van der Waals surface area (Å²) in [5, 5.41) is 1.89. The second kappa shape index (κ2) is 7.50. The standard InChI is InChI=1S/C20H22N2O3S/c23-19(21-10-4-5-11-21)17-13-16(25-15-7-2-1-3-8-15)14-22(17)20(24)18-9-6-12-26-18/h1-3,6-9,12,16-17H,4-5,10-11,13-14H2/t16-,17-/m0/s1. The van der Waals surface area contributed by atoms with Gasteiger partial charge in [-0.25, -0.2) is 0 Å². The number of carbonyl (C=O) groups is 2. The number of para-hydroxylation sites is 1. The molecule has 0 aliphatic carbocycles. The van der Waals surface area contributed by atoms with Crippen LogP contribution in [-0.2, 0) is 4.79 Å². The molecule has 2 atom stereocenters. The normalized spacial score (nSPS) is 22.6. The predicted molar refractivity (Wildman–Crippen MR) is 100 cm³/mol. The van der Waals surface area contributed by atoms with Crippen LogP contribution in [0.3, 0.4) is 0 Å². The molecule has 2 aliphatic rings. The molecule has 0 saturated carbocycles. The summed E-state index contributed by atoms with van der Waals surface area (Å²) in [5.74, 6) is 0.763. The number of nitrogens with zero attached hydrogens (tertiary/aromatic N) is 2. The van der Waals surface area contributed by atoms with Crippen LogP contribution in [0.25, 0.3) is 0 Å². The maximum absolute atomic E-state index is 13.0. The molecule has 0 unspecified atom stereocenters.